The lowest BCUT2D eigenvalue weighted by molar-refractivity contribution is 0.235. The molecule has 0 saturated carbocycles. The molecule has 2 aromatic carbocycles. The van der Waals surface area contributed by atoms with Gasteiger partial charge in [-0.1, -0.05) is 42.5 Å². The molecule has 31 heavy (non-hydrogen) atoms. The summed E-state index contributed by atoms with van der Waals surface area (Å²) in [6, 6.07) is 19.3. The van der Waals surface area contributed by atoms with Crippen LogP contribution in [0.25, 0.3) is 0 Å². The van der Waals surface area contributed by atoms with Crippen LogP contribution in [0.3, 0.4) is 0 Å². The summed E-state index contributed by atoms with van der Waals surface area (Å²) in [5.74, 6) is 0.615. The standard InChI is InChI=1S/C24H25N5O2/c25-12-13-31-20-9-4-8-19(14-20)15-26-24(30)28-22-10-5-11-23-21(22)16-27-29(23)17-18-6-2-1-3-7-18/h1-4,6-9,14,16,22H,5,10-11,13,15,17H2,(H2,26,28,30). The molecule has 158 valence electrons. The average molecular weight is 415 g/mol. The molecule has 7 nitrogen and oxygen atoms in total. The number of carbonyl (C=O) groups is 1. The zero-order valence-electron chi connectivity index (χ0n) is 17.3. The van der Waals surface area contributed by atoms with Gasteiger partial charge in [-0.25, -0.2) is 4.79 Å². The molecule has 4 rings (SSSR count). The molecule has 1 unspecified atom stereocenters. The van der Waals surface area contributed by atoms with Gasteiger partial charge in [0.15, 0.2) is 6.61 Å². The van der Waals surface area contributed by atoms with Crippen molar-refractivity contribution in [1.82, 2.24) is 20.4 Å². The second-order valence-electron chi connectivity index (χ2n) is 7.56. The van der Waals surface area contributed by atoms with Gasteiger partial charge in [-0.3, -0.25) is 4.68 Å². The number of nitriles is 1. The lowest BCUT2D eigenvalue weighted by atomic mass is 9.93. The van der Waals surface area contributed by atoms with Gasteiger partial charge in [-0.05, 0) is 42.5 Å². The Labute approximate surface area is 181 Å². The van der Waals surface area contributed by atoms with Crippen LogP contribution in [0.4, 0.5) is 4.79 Å². The lowest BCUT2D eigenvalue weighted by Crippen LogP contribution is -2.38. The van der Waals surface area contributed by atoms with Gasteiger partial charge >= 0.3 is 6.03 Å². The number of nitrogens with one attached hydrogen (secondary N) is 2. The third-order valence-corrected chi connectivity index (χ3v) is 5.40. The molecule has 0 saturated heterocycles. The number of hydrogen-bond acceptors (Lipinski definition) is 4. The van der Waals surface area contributed by atoms with E-state index in [1.807, 2.05) is 53.3 Å². The molecule has 2 amide bonds. The quantitative estimate of drug-likeness (QED) is 0.615. The molecule has 3 aromatic rings. The first kappa shape index (κ1) is 20.5. The zero-order valence-corrected chi connectivity index (χ0v) is 17.3. The zero-order chi connectivity index (χ0) is 21.5. The molecular weight excluding hydrogens is 390 g/mol. The number of hydrogen-bond donors (Lipinski definition) is 2. The van der Waals surface area contributed by atoms with E-state index in [1.165, 1.54) is 11.3 Å². The number of nitrogens with zero attached hydrogens (tertiary/aromatic N) is 3. The average Bonchev–Trinajstić information content (AvgIpc) is 3.21. The smallest absolute Gasteiger partial charge is 0.315 e. The van der Waals surface area contributed by atoms with Gasteiger partial charge in [-0.15, -0.1) is 0 Å². The van der Waals surface area contributed by atoms with Crippen molar-refractivity contribution in [3.63, 3.8) is 0 Å². The summed E-state index contributed by atoms with van der Waals surface area (Å²) >= 11 is 0. The van der Waals surface area contributed by atoms with Gasteiger partial charge < -0.3 is 15.4 Å². The van der Waals surface area contributed by atoms with E-state index in [2.05, 4.69) is 27.9 Å². The van der Waals surface area contributed by atoms with Crippen molar-refractivity contribution in [1.29, 1.82) is 5.26 Å². The number of amides is 2. The van der Waals surface area contributed by atoms with Crippen LogP contribution in [-0.2, 0) is 19.5 Å². The lowest BCUT2D eigenvalue weighted by Gasteiger charge is -2.24. The molecular formula is C24H25N5O2. The summed E-state index contributed by atoms with van der Waals surface area (Å²) in [6.07, 6.45) is 4.77. The fourth-order valence-electron chi connectivity index (χ4n) is 3.91. The highest BCUT2D eigenvalue weighted by molar-refractivity contribution is 5.74. The second-order valence-corrected chi connectivity index (χ2v) is 7.56. The van der Waals surface area contributed by atoms with E-state index >= 15 is 0 Å². The van der Waals surface area contributed by atoms with Crippen LogP contribution >= 0.6 is 0 Å². The molecule has 1 atom stereocenters. The van der Waals surface area contributed by atoms with E-state index in [0.717, 1.165) is 36.9 Å². The normalized spacial score (nSPS) is 14.9. The van der Waals surface area contributed by atoms with E-state index in [0.29, 0.717) is 12.3 Å². The second kappa shape index (κ2) is 9.81. The number of carbonyl (C=O) groups excluding carboxylic acids is 1. The Balaban J connectivity index is 1.35. The van der Waals surface area contributed by atoms with Gasteiger partial charge in [0.1, 0.15) is 11.8 Å². The molecule has 1 aliphatic carbocycles. The van der Waals surface area contributed by atoms with Crippen molar-refractivity contribution in [3.05, 3.63) is 83.2 Å². The van der Waals surface area contributed by atoms with E-state index in [-0.39, 0.29) is 18.7 Å². The van der Waals surface area contributed by atoms with Crippen molar-refractivity contribution in [2.24, 2.45) is 0 Å². The minimum absolute atomic E-state index is 0.000658. The summed E-state index contributed by atoms with van der Waals surface area (Å²) in [5, 5.41) is 19.2. The summed E-state index contributed by atoms with van der Waals surface area (Å²) in [4.78, 5) is 12.5. The fourth-order valence-corrected chi connectivity index (χ4v) is 3.91. The fraction of sp³-hybridized carbons (Fsp3) is 0.292. The first-order valence-electron chi connectivity index (χ1n) is 10.4. The number of aromatic nitrogens is 2. The van der Waals surface area contributed by atoms with Crippen molar-refractivity contribution in [3.8, 4) is 11.8 Å². The predicted octanol–water partition coefficient (Wildman–Crippen LogP) is 3.71. The van der Waals surface area contributed by atoms with Crippen molar-refractivity contribution >= 4 is 6.03 Å². The third-order valence-electron chi connectivity index (χ3n) is 5.40. The van der Waals surface area contributed by atoms with Gasteiger partial charge in [0.05, 0.1) is 18.8 Å². The predicted molar refractivity (Wildman–Crippen MR) is 116 cm³/mol. The Morgan fingerprint density at radius 1 is 1.19 bits per heavy atom. The maximum Gasteiger partial charge on any atom is 0.315 e. The van der Waals surface area contributed by atoms with Crippen LogP contribution in [0.15, 0.2) is 60.8 Å². The van der Waals surface area contributed by atoms with Crippen molar-refractivity contribution in [2.45, 2.75) is 38.4 Å². The minimum Gasteiger partial charge on any atom is -0.479 e. The Morgan fingerprint density at radius 3 is 2.87 bits per heavy atom. The molecule has 0 spiro atoms. The number of fused-ring (bicyclic) bond motifs is 1. The van der Waals surface area contributed by atoms with E-state index < -0.39 is 0 Å². The molecule has 7 heteroatoms. The third kappa shape index (κ3) is 5.23. The highest BCUT2D eigenvalue weighted by atomic mass is 16.5. The van der Waals surface area contributed by atoms with Crippen LogP contribution in [0.5, 0.6) is 5.75 Å². The van der Waals surface area contributed by atoms with Gasteiger partial charge in [0.25, 0.3) is 0 Å². The van der Waals surface area contributed by atoms with E-state index in [4.69, 9.17) is 10.00 Å². The van der Waals surface area contributed by atoms with Crippen LogP contribution < -0.4 is 15.4 Å². The number of rotatable bonds is 7. The van der Waals surface area contributed by atoms with Crippen LogP contribution in [0.1, 0.15) is 41.3 Å². The number of urea groups is 1. The molecule has 0 fully saturated rings. The summed E-state index contributed by atoms with van der Waals surface area (Å²) in [6.45, 7) is 1.11. The van der Waals surface area contributed by atoms with Crippen LogP contribution in [-0.4, -0.2) is 22.4 Å². The summed E-state index contributed by atoms with van der Waals surface area (Å²) in [7, 11) is 0. The monoisotopic (exact) mass is 415 g/mol. The van der Waals surface area contributed by atoms with Gasteiger partial charge in [-0.2, -0.15) is 10.4 Å². The van der Waals surface area contributed by atoms with E-state index in [9.17, 15) is 4.79 Å². The minimum atomic E-state index is -0.211. The molecule has 1 aromatic heterocycles. The summed E-state index contributed by atoms with van der Waals surface area (Å²) in [5.41, 5.74) is 4.42. The summed E-state index contributed by atoms with van der Waals surface area (Å²) < 4.78 is 7.35. The van der Waals surface area contributed by atoms with Crippen LogP contribution in [0, 0.1) is 11.3 Å². The number of benzene rings is 2. The first-order valence-corrected chi connectivity index (χ1v) is 10.4. The topological polar surface area (TPSA) is 92.0 Å². The highest BCUT2D eigenvalue weighted by Crippen LogP contribution is 2.30. The molecule has 0 radical (unpaired) electrons. The SMILES string of the molecule is N#CCOc1cccc(CNC(=O)NC2CCCc3c2cnn3Cc2ccccc2)c1. The van der Waals surface area contributed by atoms with Gasteiger partial charge in [0, 0.05) is 17.8 Å². The molecule has 1 aliphatic rings. The Morgan fingerprint density at radius 2 is 2.03 bits per heavy atom. The van der Waals surface area contributed by atoms with Crippen molar-refractivity contribution in [2.75, 3.05) is 6.61 Å². The maximum absolute atomic E-state index is 12.5. The number of ether oxygens (including phenoxy) is 1. The first-order chi connectivity index (χ1) is 15.2. The van der Waals surface area contributed by atoms with Crippen LogP contribution in [0.2, 0.25) is 0 Å². The molecule has 0 bridgehead atoms. The maximum atomic E-state index is 12.5. The Hall–Kier alpha value is -3.79. The Kier molecular flexibility index (Phi) is 6.48. The Bertz CT molecular complexity index is 1070. The van der Waals surface area contributed by atoms with E-state index in [1.54, 1.807) is 6.07 Å². The largest absolute Gasteiger partial charge is 0.479 e. The molecule has 2 N–H and O–H groups in total. The highest BCUT2D eigenvalue weighted by Gasteiger charge is 2.25. The molecule has 1 heterocycles. The van der Waals surface area contributed by atoms with Crippen molar-refractivity contribution < 1.29 is 9.53 Å². The van der Waals surface area contributed by atoms with Gasteiger partial charge in [0.2, 0.25) is 0 Å². The molecule has 0 aliphatic heterocycles.